The summed E-state index contributed by atoms with van der Waals surface area (Å²) in [5, 5.41) is 11.0. The molecule has 0 unspecified atom stereocenters. The third-order valence-electron chi connectivity index (χ3n) is 3.53. The highest BCUT2D eigenvalue weighted by molar-refractivity contribution is 7.14. The number of nitrogens with zero attached hydrogens (tertiary/aromatic N) is 4. The van der Waals surface area contributed by atoms with Crippen molar-refractivity contribution in [3.63, 3.8) is 0 Å². The second kappa shape index (κ2) is 6.07. The molecule has 6 heteroatoms. The van der Waals surface area contributed by atoms with Crippen molar-refractivity contribution in [2.75, 3.05) is 0 Å². The van der Waals surface area contributed by atoms with E-state index in [4.69, 9.17) is 0 Å². The summed E-state index contributed by atoms with van der Waals surface area (Å²) in [6.07, 6.45) is 2.06. The van der Waals surface area contributed by atoms with Crippen LogP contribution in [0.25, 0.3) is 10.9 Å². The minimum atomic E-state index is 0. The molecule has 1 aromatic carbocycles. The van der Waals surface area contributed by atoms with E-state index in [0.717, 1.165) is 21.9 Å². The fourth-order valence-electron chi connectivity index (χ4n) is 2.38. The molecule has 3 rings (SSSR count). The van der Waals surface area contributed by atoms with Crippen molar-refractivity contribution in [3.8, 4) is 0 Å². The van der Waals surface area contributed by atoms with Crippen molar-refractivity contribution in [3.05, 3.63) is 41.0 Å². The van der Waals surface area contributed by atoms with Crippen LogP contribution in [0, 0.1) is 13.8 Å². The Bertz CT molecular complexity index is 817. The first-order chi connectivity index (χ1) is 9.58. The molecule has 21 heavy (non-hydrogen) atoms. The Morgan fingerprint density at radius 2 is 1.86 bits per heavy atom. The summed E-state index contributed by atoms with van der Waals surface area (Å²) < 4.78 is 4.16. The minimum Gasteiger partial charge on any atom is -1.00 e. The molecule has 0 aliphatic rings. The van der Waals surface area contributed by atoms with Gasteiger partial charge in [-0.05, 0) is 36.4 Å². The number of fused-ring (bicyclic) bond motifs is 1. The number of azo groups is 1. The molecule has 0 saturated carbocycles. The Kier molecular flexibility index (Phi) is 4.58. The summed E-state index contributed by atoms with van der Waals surface area (Å²) in [5.41, 5.74) is 3.27. The van der Waals surface area contributed by atoms with Gasteiger partial charge < -0.3 is 21.5 Å². The maximum atomic E-state index is 4.49. The third kappa shape index (κ3) is 2.78. The van der Waals surface area contributed by atoms with Gasteiger partial charge in [0, 0.05) is 23.0 Å². The summed E-state index contributed by atoms with van der Waals surface area (Å²) in [4.78, 5) is 1.23. The van der Waals surface area contributed by atoms with Crippen molar-refractivity contribution >= 4 is 33.1 Å². The number of thiazole rings is 1. The molecule has 0 aliphatic carbocycles. The number of rotatable bonds is 2. The van der Waals surface area contributed by atoms with Crippen LogP contribution in [0.5, 0.6) is 0 Å². The molecule has 2 aromatic heterocycles. The Hall–Kier alpha value is -1.53. The molecule has 3 aromatic rings. The Balaban J connectivity index is 0.00000161. The van der Waals surface area contributed by atoms with E-state index in [0.29, 0.717) is 0 Å². The van der Waals surface area contributed by atoms with E-state index < -0.39 is 0 Å². The SMILES string of the molecule is Cc1c[n+](C)c(N=Nc2c(C)n(C)c3ccccc23)s1.[Br-]. The predicted molar refractivity (Wildman–Crippen MR) is 82.1 cm³/mol. The number of halogens is 1. The summed E-state index contributed by atoms with van der Waals surface area (Å²) >= 11 is 1.65. The summed E-state index contributed by atoms with van der Waals surface area (Å²) in [6, 6.07) is 8.29. The van der Waals surface area contributed by atoms with Crippen LogP contribution in [-0.4, -0.2) is 4.57 Å². The van der Waals surface area contributed by atoms with Crippen LogP contribution < -0.4 is 21.5 Å². The van der Waals surface area contributed by atoms with Crippen LogP contribution in [0.1, 0.15) is 10.6 Å². The van der Waals surface area contributed by atoms with Crippen LogP contribution in [0.3, 0.4) is 0 Å². The average molecular weight is 365 g/mol. The van der Waals surface area contributed by atoms with Gasteiger partial charge in [-0.2, -0.15) is 0 Å². The molecule has 110 valence electrons. The van der Waals surface area contributed by atoms with E-state index in [1.54, 1.807) is 11.3 Å². The highest BCUT2D eigenvalue weighted by atomic mass is 79.9. The number of hydrogen-bond donors (Lipinski definition) is 0. The number of para-hydroxylation sites is 1. The molecular formula is C15H17BrN4S. The standard InChI is InChI=1S/C15H17N4S.BrH/c1-10-9-18(3)15(20-10)17-16-14-11(2)19(4)13-8-6-5-7-12(13)14;/h5-9H,1-4H3;1H/q+1;/p-1. The highest BCUT2D eigenvalue weighted by Gasteiger charge is 2.15. The third-order valence-corrected chi connectivity index (χ3v) is 4.51. The molecule has 4 nitrogen and oxygen atoms in total. The van der Waals surface area contributed by atoms with E-state index in [2.05, 4.69) is 54.0 Å². The largest absolute Gasteiger partial charge is 1.00 e. The summed E-state index contributed by atoms with van der Waals surface area (Å²) in [6.45, 7) is 4.15. The molecule has 0 amide bonds. The molecule has 0 radical (unpaired) electrons. The molecule has 0 spiro atoms. The van der Waals surface area contributed by atoms with Crippen molar-refractivity contribution in [1.82, 2.24) is 4.57 Å². The first-order valence-electron chi connectivity index (χ1n) is 6.49. The first kappa shape index (κ1) is 15.9. The fraction of sp³-hybridized carbons (Fsp3) is 0.267. The highest BCUT2D eigenvalue weighted by Crippen LogP contribution is 2.33. The lowest BCUT2D eigenvalue weighted by molar-refractivity contribution is -0.654. The van der Waals surface area contributed by atoms with Gasteiger partial charge in [0.25, 0.3) is 0 Å². The topological polar surface area (TPSA) is 33.5 Å². The number of aromatic nitrogens is 2. The van der Waals surface area contributed by atoms with E-state index in [1.165, 1.54) is 10.4 Å². The van der Waals surface area contributed by atoms with Crippen LogP contribution in [0.15, 0.2) is 40.7 Å². The first-order valence-corrected chi connectivity index (χ1v) is 7.31. The minimum absolute atomic E-state index is 0. The Morgan fingerprint density at radius 1 is 1.14 bits per heavy atom. The van der Waals surface area contributed by atoms with Gasteiger partial charge in [0.1, 0.15) is 11.9 Å². The predicted octanol–water partition coefficient (Wildman–Crippen LogP) is 1.10. The number of aryl methyl sites for hydroxylation is 3. The van der Waals surface area contributed by atoms with Gasteiger partial charge >= 0.3 is 5.13 Å². The Labute approximate surface area is 138 Å². The van der Waals surface area contributed by atoms with E-state index in [1.807, 2.05) is 23.7 Å². The normalized spacial score (nSPS) is 11.2. The van der Waals surface area contributed by atoms with Gasteiger partial charge in [0.15, 0.2) is 0 Å². The molecule has 2 heterocycles. The van der Waals surface area contributed by atoms with Gasteiger partial charge in [0.05, 0.1) is 17.7 Å². The molecule has 0 saturated heterocycles. The number of hydrogen-bond acceptors (Lipinski definition) is 3. The monoisotopic (exact) mass is 364 g/mol. The molecule has 0 bridgehead atoms. The van der Waals surface area contributed by atoms with Gasteiger partial charge in [-0.25, -0.2) is 4.57 Å². The van der Waals surface area contributed by atoms with Crippen molar-refractivity contribution < 1.29 is 21.5 Å². The smallest absolute Gasteiger partial charge is 0.408 e. The van der Waals surface area contributed by atoms with E-state index in [-0.39, 0.29) is 17.0 Å². The zero-order valence-corrected chi connectivity index (χ0v) is 14.9. The number of benzene rings is 1. The quantitative estimate of drug-likeness (QED) is 0.482. The van der Waals surface area contributed by atoms with Crippen LogP contribution >= 0.6 is 11.3 Å². The summed E-state index contributed by atoms with van der Waals surface area (Å²) in [5.74, 6) is 0. The van der Waals surface area contributed by atoms with Crippen molar-refractivity contribution in [1.29, 1.82) is 0 Å². The maximum absolute atomic E-state index is 4.49. The van der Waals surface area contributed by atoms with E-state index >= 15 is 0 Å². The summed E-state index contributed by atoms with van der Waals surface area (Å²) in [7, 11) is 4.06. The zero-order chi connectivity index (χ0) is 14.3. The lowest BCUT2D eigenvalue weighted by Gasteiger charge is -1.96. The van der Waals surface area contributed by atoms with Crippen molar-refractivity contribution in [2.45, 2.75) is 13.8 Å². The average Bonchev–Trinajstić information content (AvgIpc) is 2.87. The molecule has 0 fully saturated rings. The van der Waals surface area contributed by atoms with Gasteiger partial charge in [-0.15, -0.1) is 0 Å². The van der Waals surface area contributed by atoms with Gasteiger partial charge in [0.2, 0.25) is 0 Å². The second-order valence-electron chi connectivity index (χ2n) is 4.95. The second-order valence-corrected chi connectivity index (χ2v) is 6.16. The zero-order valence-electron chi connectivity index (χ0n) is 12.5. The lowest BCUT2D eigenvalue weighted by atomic mass is 10.2. The van der Waals surface area contributed by atoms with Gasteiger partial charge in [-0.3, -0.25) is 0 Å². The molecule has 0 N–H and O–H groups in total. The van der Waals surface area contributed by atoms with Crippen LogP contribution in [0.2, 0.25) is 0 Å². The Morgan fingerprint density at radius 3 is 2.52 bits per heavy atom. The maximum Gasteiger partial charge on any atom is 0.408 e. The molecule has 0 atom stereocenters. The molecule has 0 aliphatic heterocycles. The lowest BCUT2D eigenvalue weighted by Crippen LogP contribution is -3.00. The van der Waals surface area contributed by atoms with Crippen molar-refractivity contribution in [2.24, 2.45) is 24.3 Å². The molecular weight excluding hydrogens is 348 g/mol. The van der Waals surface area contributed by atoms with E-state index in [9.17, 15) is 0 Å². The fourth-order valence-corrected chi connectivity index (χ4v) is 3.16. The van der Waals surface area contributed by atoms with Crippen LogP contribution in [-0.2, 0) is 14.1 Å². The van der Waals surface area contributed by atoms with Crippen LogP contribution in [0.4, 0.5) is 10.8 Å². The van der Waals surface area contributed by atoms with Gasteiger partial charge in [-0.1, -0.05) is 18.2 Å².